The van der Waals surface area contributed by atoms with Crippen LogP contribution in [0.4, 0.5) is 0 Å². The molecule has 3 aliphatic heterocycles. The fourth-order valence-electron chi connectivity index (χ4n) is 5.05. The van der Waals surface area contributed by atoms with Gasteiger partial charge in [0.25, 0.3) is 0 Å². The highest BCUT2D eigenvalue weighted by Crippen LogP contribution is 2.42. The van der Waals surface area contributed by atoms with Gasteiger partial charge in [0.1, 0.15) is 5.41 Å². The molecule has 1 aromatic rings. The third-order valence-electron chi connectivity index (χ3n) is 6.86. The lowest BCUT2D eigenvalue weighted by atomic mass is 9.76. The summed E-state index contributed by atoms with van der Waals surface area (Å²) in [5.74, 6) is -0.271. The van der Waals surface area contributed by atoms with Gasteiger partial charge in [0.2, 0.25) is 5.91 Å². The van der Waals surface area contributed by atoms with Crippen molar-refractivity contribution in [2.24, 2.45) is 17.3 Å². The maximum absolute atomic E-state index is 12.9. The first-order valence-corrected chi connectivity index (χ1v) is 10.4. The molecule has 3 fully saturated rings. The van der Waals surface area contributed by atoms with Crippen LogP contribution in [-0.4, -0.2) is 66.2 Å². The first-order valence-electron chi connectivity index (χ1n) is 10.4. The zero-order valence-electron chi connectivity index (χ0n) is 16.4. The summed E-state index contributed by atoms with van der Waals surface area (Å²) < 4.78 is 5.46. The number of hydrogen-bond acceptors (Lipinski definition) is 4. The van der Waals surface area contributed by atoms with Crippen molar-refractivity contribution in [2.45, 2.75) is 32.2 Å². The molecule has 0 unspecified atom stereocenters. The number of rotatable bonds is 5. The highest BCUT2D eigenvalue weighted by molar-refractivity contribution is 5.81. The second kappa shape index (κ2) is 8.21. The largest absolute Gasteiger partial charge is 0.481 e. The summed E-state index contributed by atoms with van der Waals surface area (Å²) in [4.78, 5) is 29.0. The van der Waals surface area contributed by atoms with Crippen LogP contribution in [0.25, 0.3) is 0 Å². The van der Waals surface area contributed by atoms with Gasteiger partial charge < -0.3 is 14.7 Å². The highest BCUT2D eigenvalue weighted by atomic mass is 16.5. The Morgan fingerprint density at radius 1 is 1.14 bits per heavy atom. The standard InChI is InChI=1S/C22H30N2O4/c25-20(24-14-19-8-11-28-16-22(19,15-24)21(26)27)12-17-6-9-23(10-7-17)13-18-4-2-1-3-5-18/h1-5,17,19H,6-16H2,(H,26,27)/t19-,22+/m0/s1. The fraction of sp³-hybridized carbons (Fsp3) is 0.636. The van der Waals surface area contributed by atoms with Gasteiger partial charge in [0.05, 0.1) is 6.61 Å². The average Bonchev–Trinajstić information content (AvgIpc) is 3.12. The maximum Gasteiger partial charge on any atom is 0.314 e. The zero-order chi connectivity index (χ0) is 19.6. The Hall–Kier alpha value is -1.92. The van der Waals surface area contributed by atoms with Crippen molar-refractivity contribution in [1.29, 1.82) is 0 Å². The number of nitrogens with zero attached hydrogens (tertiary/aromatic N) is 2. The summed E-state index contributed by atoms with van der Waals surface area (Å²) >= 11 is 0. The molecule has 1 amide bonds. The highest BCUT2D eigenvalue weighted by Gasteiger charge is 2.55. The lowest BCUT2D eigenvalue weighted by Gasteiger charge is -2.34. The van der Waals surface area contributed by atoms with Gasteiger partial charge in [-0.25, -0.2) is 0 Å². The molecule has 3 heterocycles. The van der Waals surface area contributed by atoms with Crippen molar-refractivity contribution in [1.82, 2.24) is 9.80 Å². The minimum atomic E-state index is -0.896. The van der Waals surface area contributed by atoms with Gasteiger partial charge in [-0.2, -0.15) is 0 Å². The Bertz CT molecular complexity index is 702. The van der Waals surface area contributed by atoms with E-state index < -0.39 is 11.4 Å². The predicted octanol–water partition coefficient (Wildman–Crippen LogP) is 2.24. The van der Waals surface area contributed by atoms with Crippen LogP contribution in [0.3, 0.4) is 0 Å². The molecule has 2 atom stereocenters. The van der Waals surface area contributed by atoms with Crippen LogP contribution in [-0.2, 0) is 20.9 Å². The monoisotopic (exact) mass is 386 g/mol. The predicted molar refractivity (Wildman–Crippen MR) is 105 cm³/mol. The Balaban J connectivity index is 1.27. The molecule has 0 radical (unpaired) electrons. The van der Waals surface area contributed by atoms with E-state index in [0.717, 1.165) is 38.9 Å². The SMILES string of the molecule is O=C(CC1CCN(Cc2ccccc2)CC1)N1C[C@@H]2CCOC[C@]2(C(=O)O)C1. The van der Waals surface area contributed by atoms with Crippen LogP contribution in [0, 0.1) is 17.3 Å². The third-order valence-corrected chi connectivity index (χ3v) is 6.86. The molecule has 3 aliphatic rings. The summed E-state index contributed by atoms with van der Waals surface area (Å²) in [6, 6.07) is 10.5. The Kier molecular flexibility index (Phi) is 5.69. The van der Waals surface area contributed by atoms with Crippen molar-refractivity contribution >= 4 is 11.9 Å². The molecule has 1 N–H and O–H groups in total. The number of likely N-dealkylation sites (tertiary alicyclic amines) is 2. The first kappa shape index (κ1) is 19.4. The van der Waals surface area contributed by atoms with Crippen molar-refractivity contribution in [3.8, 4) is 0 Å². The molecular formula is C22H30N2O4. The number of carbonyl (C=O) groups is 2. The van der Waals surface area contributed by atoms with Gasteiger partial charge in [0.15, 0.2) is 0 Å². The molecule has 3 saturated heterocycles. The topological polar surface area (TPSA) is 70.1 Å². The van der Waals surface area contributed by atoms with Gasteiger partial charge in [-0.3, -0.25) is 14.5 Å². The van der Waals surface area contributed by atoms with E-state index in [1.807, 2.05) is 6.07 Å². The molecule has 0 aromatic heterocycles. The lowest BCUT2D eigenvalue weighted by Crippen LogP contribution is -2.46. The van der Waals surface area contributed by atoms with Gasteiger partial charge in [0, 0.05) is 32.7 Å². The third kappa shape index (κ3) is 3.94. The van der Waals surface area contributed by atoms with Crippen LogP contribution in [0.2, 0.25) is 0 Å². The summed E-state index contributed by atoms with van der Waals surface area (Å²) in [7, 11) is 0. The fourth-order valence-corrected chi connectivity index (χ4v) is 5.05. The molecular weight excluding hydrogens is 356 g/mol. The Morgan fingerprint density at radius 2 is 1.89 bits per heavy atom. The maximum atomic E-state index is 12.9. The van der Waals surface area contributed by atoms with Crippen molar-refractivity contribution in [3.05, 3.63) is 35.9 Å². The molecule has 28 heavy (non-hydrogen) atoms. The second-order valence-corrected chi connectivity index (χ2v) is 8.68. The van der Waals surface area contributed by atoms with E-state index in [1.54, 1.807) is 4.90 Å². The first-order chi connectivity index (χ1) is 13.6. The minimum absolute atomic E-state index is 0.0235. The van der Waals surface area contributed by atoms with Crippen molar-refractivity contribution in [2.75, 3.05) is 39.4 Å². The van der Waals surface area contributed by atoms with E-state index in [4.69, 9.17) is 4.74 Å². The molecule has 0 aliphatic carbocycles. The second-order valence-electron chi connectivity index (χ2n) is 8.68. The van der Waals surface area contributed by atoms with E-state index in [-0.39, 0.29) is 18.4 Å². The zero-order valence-corrected chi connectivity index (χ0v) is 16.4. The van der Waals surface area contributed by atoms with Crippen LogP contribution in [0.5, 0.6) is 0 Å². The number of carboxylic acids is 1. The normalized spacial score (nSPS) is 28.9. The van der Waals surface area contributed by atoms with Gasteiger partial charge >= 0.3 is 5.97 Å². The number of piperidine rings is 1. The Labute approximate surface area is 166 Å². The number of fused-ring (bicyclic) bond motifs is 1. The summed E-state index contributed by atoms with van der Waals surface area (Å²) in [5.41, 5.74) is 0.436. The molecule has 152 valence electrons. The van der Waals surface area contributed by atoms with E-state index >= 15 is 0 Å². The van der Waals surface area contributed by atoms with Crippen LogP contribution in [0.15, 0.2) is 30.3 Å². The number of ether oxygens (including phenoxy) is 1. The number of amides is 1. The number of carboxylic acid groups (broad SMARTS) is 1. The van der Waals surface area contributed by atoms with Crippen LogP contribution < -0.4 is 0 Å². The van der Waals surface area contributed by atoms with E-state index in [1.165, 1.54) is 5.56 Å². The van der Waals surface area contributed by atoms with E-state index in [0.29, 0.717) is 32.0 Å². The average molecular weight is 386 g/mol. The molecule has 0 saturated carbocycles. The van der Waals surface area contributed by atoms with E-state index in [2.05, 4.69) is 29.2 Å². The minimum Gasteiger partial charge on any atom is -0.481 e. The van der Waals surface area contributed by atoms with Crippen LogP contribution >= 0.6 is 0 Å². The molecule has 0 spiro atoms. The quantitative estimate of drug-likeness (QED) is 0.840. The van der Waals surface area contributed by atoms with Gasteiger partial charge in [-0.1, -0.05) is 30.3 Å². The van der Waals surface area contributed by atoms with Crippen molar-refractivity contribution < 1.29 is 19.4 Å². The Morgan fingerprint density at radius 3 is 2.57 bits per heavy atom. The summed E-state index contributed by atoms with van der Waals surface area (Å²) in [6.07, 6.45) is 3.34. The van der Waals surface area contributed by atoms with Crippen molar-refractivity contribution in [3.63, 3.8) is 0 Å². The number of carbonyl (C=O) groups excluding carboxylic acids is 1. The van der Waals surface area contributed by atoms with E-state index in [9.17, 15) is 14.7 Å². The smallest absolute Gasteiger partial charge is 0.314 e. The molecule has 0 bridgehead atoms. The van der Waals surface area contributed by atoms with Crippen LogP contribution in [0.1, 0.15) is 31.2 Å². The molecule has 4 rings (SSSR count). The molecule has 6 nitrogen and oxygen atoms in total. The summed E-state index contributed by atoms with van der Waals surface area (Å²) in [5, 5.41) is 9.75. The van der Waals surface area contributed by atoms with Gasteiger partial charge in [-0.05, 0) is 49.8 Å². The van der Waals surface area contributed by atoms with Gasteiger partial charge in [-0.15, -0.1) is 0 Å². The molecule has 6 heteroatoms. The number of benzene rings is 1. The number of hydrogen-bond donors (Lipinski definition) is 1. The molecule has 1 aromatic carbocycles. The number of aliphatic carboxylic acids is 1. The summed E-state index contributed by atoms with van der Waals surface area (Å²) in [6.45, 7) is 4.71. The lowest BCUT2D eigenvalue weighted by molar-refractivity contribution is -0.160.